The number of amides is 1. The average molecular weight is 367 g/mol. The molecule has 27 heavy (non-hydrogen) atoms. The van der Waals surface area contributed by atoms with Gasteiger partial charge in [-0.25, -0.2) is 4.79 Å². The molecule has 0 spiro atoms. The molecule has 1 aromatic carbocycles. The molecule has 0 saturated heterocycles. The number of nitrogens with one attached hydrogen (secondary N) is 1. The lowest BCUT2D eigenvalue weighted by Gasteiger charge is -2.26. The summed E-state index contributed by atoms with van der Waals surface area (Å²) in [6.45, 7) is 6.94. The largest absolute Gasteiger partial charge is 0.476 e. The van der Waals surface area contributed by atoms with E-state index < -0.39 is 5.97 Å². The first-order valence-corrected chi connectivity index (χ1v) is 8.91. The molecule has 0 aliphatic carbocycles. The zero-order valence-electron chi connectivity index (χ0n) is 15.5. The first kappa shape index (κ1) is 17.3. The highest BCUT2D eigenvalue weighted by molar-refractivity contribution is 5.92. The van der Waals surface area contributed by atoms with Crippen LogP contribution in [0.3, 0.4) is 0 Å². The van der Waals surface area contributed by atoms with Gasteiger partial charge in [0.15, 0.2) is 5.69 Å². The van der Waals surface area contributed by atoms with Gasteiger partial charge in [-0.05, 0) is 43.9 Å². The van der Waals surface area contributed by atoms with E-state index >= 15 is 0 Å². The Kier molecular flexibility index (Phi) is 4.02. The lowest BCUT2D eigenvalue weighted by molar-refractivity contribution is -0.131. The van der Waals surface area contributed by atoms with E-state index in [0.29, 0.717) is 30.8 Å². The highest BCUT2D eigenvalue weighted by Crippen LogP contribution is 2.31. The van der Waals surface area contributed by atoms with Crippen LogP contribution in [0.4, 0.5) is 0 Å². The fourth-order valence-corrected chi connectivity index (χ4v) is 3.90. The monoisotopic (exact) mass is 367 g/mol. The molecule has 7 heteroatoms. The number of aromatic nitrogens is 2. The van der Waals surface area contributed by atoms with Crippen LogP contribution in [0.5, 0.6) is 0 Å². The number of aromatic carboxylic acids is 1. The molecule has 0 radical (unpaired) electrons. The fourth-order valence-electron chi connectivity index (χ4n) is 3.90. The van der Waals surface area contributed by atoms with E-state index in [4.69, 9.17) is 4.42 Å². The maximum Gasteiger partial charge on any atom is 0.356 e. The van der Waals surface area contributed by atoms with Crippen molar-refractivity contribution in [3.8, 4) is 0 Å². The van der Waals surface area contributed by atoms with Gasteiger partial charge in [-0.15, -0.1) is 0 Å². The van der Waals surface area contributed by atoms with Gasteiger partial charge in [-0.1, -0.05) is 6.07 Å². The van der Waals surface area contributed by atoms with E-state index in [2.05, 4.69) is 23.2 Å². The summed E-state index contributed by atoms with van der Waals surface area (Å²) in [5, 5.41) is 16.8. The topological polar surface area (TPSA) is 99.4 Å². The molecule has 3 heterocycles. The van der Waals surface area contributed by atoms with Gasteiger partial charge in [-0.3, -0.25) is 9.89 Å². The van der Waals surface area contributed by atoms with Gasteiger partial charge in [0.25, 0.3) is 0 Å². The van der Waals surface area contributed by atoms with Crippen molar-refractivity contribution < 1.29 is 19.1 Å². The van der Waals surface area contributed by atoms with Crippen LogP contribution >= 0.6 is 0 Å². The normalized spacial score (nSPS) is 13.8. The van der Waals surface area contributed by atoms with E-state index in [1.165, 1.54) is 5.56 Å². The van der Waals surface area contributed by atoms with Crippen LogP contribution in [0, 0.1) is 20.8 Å². The number of carboxylic acid groups (broad SMARTS) is 1. The quantitative estimate of drug-likeness (QED) is 0.741. The molecule has 2 N–H and O–H groups in total. The van der Waals surface area contributed by atoms with Crippen molar-refractivity contribution in [2.45, 2.75) is 40.2 Å². The lowest BCUT2D eigenvalue weighted by atomic mass is 9.98. The summed E-state index contributed by atoms with van der Waals surface area (Å²) < 4.78 is 5.76. The van der Waals surface area contributed by atoms with Crippen LogP contribution in [0.1, 0.15) is 44.0 Å². The molecule has 4 rings (SSSR count). The van der Waals surface area contributed by atoms with Gasteiger partial charge in [-0.2, -0.15) is 5.10 Å². The van der Waals surface area contributed by atoms with Crippen molar-refractivity contribution >= 4 is 22.8 Å². The number of H-pyrrole nitrogens is 1. The van der Waals surface area contributed by atoms with E-state index in [0.717, 1.165) is 27.7 Å². The van der Waals surface area contributed by atoms with Crippen molar-refractivity contribution in [1.29, 1.82) is 0 Å². The molecular weight excluding hydrogens is 346 g/mol. The molecule has 1 aliphatic rings. The number of hydrogen-bond donors (Lipinski definition) is 2. The van der Waals surface area contributed by atoms with Crippen LogP contribution < -0.4 is 0 Å². The minimum Gasteiger partial charge on any atom is -0.476 e. The third-order valence-electron chi connectivity index (χ3n) is 5.46. The van der Waals surface area contributed by atoms with E-state index in [1.807, 2.05) is 13.8 Å². The summed E-state index contributed by atoms with van der Waals surface area (Å²) in [6, 6.07) is 2.12. The minimum absolute atomic E-state index is 0.00699. The number of furan rings is 1. The van der Waals surface area contributed by atoms with E-state index in [9.17, 15) is 14.7 Å². The second-order valence-corrected chi connectivity index (χ2v) is 7.18. The molecule has 1 aliphatic heterocycles. The third kappa shape index (κ3) is 2.79. The minimum atomic E-state index is -1.04. The smallest absolute Gasteiger partial charge is 0.356 e. The standard InChI is InChI=1S/C20H21N3O4/c1-10-6-11(2)17-13(9-27-19(17)12(10)3)7-16(24)23-5-4-14-15(8-23)21-22-18(14)20(25)26/h6,9H,4-5,7-8H2,1-3H3,(H,21,22)(H,25,26). The van der Waals surface area contributed by atoms with Crippen LogP contribution in [0.15, 0.2) is 16.7 Å². The summed E-state index contributed by atoms with van der Waals surface area (Å²) in [4.78, 5) is 25.8. The molecule has 2 aromatic heterocycles. The molecule has 0 atom stereocenters. The zero-order valence-corrected chi connectivity index (χ0v) is 15.5. The van der Waals surface area contributed by atoms with Gasteiger partial charge >= 0.3 is 5.97 Å². The highest BCUT2D eigenvalue weighted by Gasteiger charge is 2.28. The zero-order chi connectivity index (χ0) is 19.3. The Balaban J connectivity index is 1.58. The Morgan fingerprint density at radius 3 is 2.81 bits per heavy atom. The molecule has 140 valence electrons. The lowest BCUT2D eigenvalue weighted by Crippen LogP contribution is -2.37. The number of aryl methyl sites for hydroxylation is 3. The van der Waals surface area contributed by atoms with Crippen LogP contribution in [-0.4, -0.2) is 38.6 Å². The number of carbonyl (C=O) groups excluding carboxylic acids is 1. The van der Waals surface area contributed by atoms with Gasteiger partial charge in [0.05, 0.1) is 24.9 Å². The maximum atomic E-state index is 12.9. The SMILES string of the molecule is Cc1cc(C)c2c(CC(=O)N3CCc4c(C(=O)O)n[nH]c4C3)coc2c1C. The Morgan fingerprint density at radius 1 is 1.30 bits per heavy atom. The third-order valence-corrected chi connectivity index (χ3v) is 5.46. The van der Waals surface area contributed by atoms with Gasteiger partial charge < -0.3 is 14.4 Å². The number of carbonyl (C=O) groups is 2. The Morgan fingerprint density at radius 2 is 2.07 bits per heavy atom. The van der Waals surface area contributed by atoms with Gasteiger partial charge in [0, 0.05) is 23.1 Å². The first-order chi connectivity index (χ1) is 12.9. The predicted octanol–water partition coefficient (Wildman–Crippen LogP) is 2.91. The Bertz CT molecular complexity index is 1080. The van der Waals surface area contributed by atoms with Crippen molar-refractivity contribution in [3.63, 3.8) is 0 Å². The first-order valence-electron chi connectivity index (χ1n) is 8.91. The van der Waals surface area contributed by atoms with Crippen molar-refractivity contribution in [3.05, 3.63) is 51.5 Å². The van der Waals surface area contributed by atoms with Gasteiger partial charge in [0.2, 0.25) is 5.91 Å². The number of carboxylic acids is 1. The predicted molar refractivity (Wildman–Crippen MR) is 98.8 cm³/mol. The average Bonchev–Trinajstić information content (AvgIpc) is 3.23. The summed E-state index contributed by atoms with van der Waals surface area (Å²) >= 11 is 0. The number of benzene rings is 1. The maximum absolute atomic E-state index is 12.9. The van der Waals surface area contributed by atoms with Crippen molar-refractivity contribution in [2.75, 3.05) is 6.54 Å². The van der Waals surface area contributed by atoms with Gasteiger partial charge in [0.1, 0.15) is 5.58 Å². The number of rotatable bonds is 3. The van der Waals surface area contributed by atoms with E-state index in [-0.39, 0.29) is 18.0 Å². The summed E-state index contributed by atoms with van der Waals surface area (Å²) in [6.07, 6.45) is 2.42. The highest BCUT2D eigenvalue weighted by atomic mass is 16.4. The fraction of sp³-hybridized carbons (Fsp3) is 0.350. The number of nitrogens with zero attached hydrogens (tertiary/aromatic N) is 2. The molecule has 1 amide bonds. The Labute approximate surface area is 156 Å². The molecular formula is C20H21N3O4. The number of fused-ring (bicyclic) bond motifs is 2. The molecule has 7 nitrogen and oxygen atoms in total. The second kappa shape index (κ2) is 6.26. The van der Waals surface area contributed by atoms with E-state index in [1.54, 1.807) is 11.2 Å². The van der Waals surface area contributed by atoms with Crippen molar-refractivity contribution in [2.24, 2.45) is 0 Å². The summed E-state index contributed by atoms with van der Waals surface area (Å²) in [7, 11) is 0. The Hall–Kier alpha value is -3.09. The van der Waals surface area contributed by atoms with Crippen LogP contribution in [0.25, 0.3) is 11.0 Å². The van der Waals surface area contributed by atoms with Crippen LogP contribution in [0.2, 0.25) is 0 Å². The second-order valence-electron chi connectivity index (χ2n) is 7.18. The molecule has 3 aromatic rings. The van der Waals surface area contributed by atoms with Crippen LogP contribution in [-0.2, 0) is 24.2 Å². The molecule has 0 saturated carbocycles. The summed E-state index contributed by atoms with van der Waals surface area (Å²) in [5.74, 6) is -1.05. The molecule has 0 fully saturated rings. The summed E-state index contributed by atoms with van der Waals surface area (Å²) in [5.41, 5.74) is 6.55. The number of aromatic amines is 1. The molecule has 0 bridgehead atoms. The number of hydrogen-bond acceptors (Lipinski definition) is 4. The molecule has 0 unspecified atom stereocenters. The van der Waals surface area contributed by atoms with Crippen molar-refractivity contribution in [1.82, 2.24) is 15.1 Å².